The molecule has 0 aromatic heterocycles. The Hall–Kier alpha value is -1.31. The average molecular weight is 217 g/mol. The molecule has 0 unspecified atom stereocenters. The summed E-state index contributed by atoms with van der Waals surface area (Å²) in [6.07, 6.45) is 0. The molecule has 1 aromatic rings. The second kappa shape index (κ2) is 4.28. The summed E-state index contributed by atoms with van der Waals surface area (Å²) in [5.41, 5.74) is 1.22. The molecule has 2 rings (SSSR count). The molecule has 0 N–H and O–H groups in total. The van der Waals surface area contributed by atoms with Gasteiger partial charge in [-0.15, -0.1) is 0 Å². The van der Waals surface area contributed by atoms with E-state index in [-0.39, 0.29) is 12.0 Å². The SMILES string of the molecule is CC(C)[C@@H]1CN([C@@H](C)c2ccccc2)C1=O. The van der Waals surface area contributed by atoms with E-state index in [0.29, 0.717) is 11.8 Å². The second-order valence-electron chi connectivity index (χ2n) is 4.93. The number of carbonyl (C=O) groups excluding carboxylic acids is 1. The van der Waals surface area contributed by atoms with Gasteiger partial charge in [0.1, 0.15) is 0 Å². The van der Waals surface area contributed by atoms with Crippen molar-refractivity contribution in [1.82, 2.24) is 4.90 Å². The Balaban J connectivity index is 2.04. The molecule has 1 aliphatic heterocycles. The fourth-order valence-electron chi connectivity index (χ4n) is 2.24. The molecule has 16 heavy (non-hydrogen) atoms. The van der Waals surface area contributed by atoms with Crippen LogP contribution in [-0.4, -0.2) is 17.4 Å². The lowest BCUT2D eigenvalue weighted by molar-refractivity contribution is -0.153. The molecule has 1 aromatic carbocycles. The van der Waals surface area contributed by atoms with Crippen LogP contribution < -0.4 is 0 Å². The summed E-state index contributed by atoms with van der Waals surface area (Å²) in [7, 11) is 0. The first-order valence-electron chi connectivity index (χ1n) is 5.96. The van der Waals surface area contributed by atoms with Gasteiger partial charge in [0, 0.05) is 6.54 Å². The zero-order valence-corrected chi connectivity index (χ0v) is 10.2. The largest absolute Gasteiger partial charge is 0.335 e. The molecule has 1 heterocycles. The third-order valence-electron chi connectivity index (χ3n) is 3.55. The van der Waals surface area contributed by atoms with E-state index in [1.54, 1.807) is 0 Å². The van der Waals surface area contributed by atoms with E-state index in [4.69, 9.17) is 0 Å². The smallest absolute Gasteiger partial charge is 0.228 e. The quantitative estimate of drug-likeness (QED) is 0.713. The van der Waals surface area contributed by atoms with Crippen LogP contribution in [0.15, 0.2) is 30.3 Å². The molecule has 2 heteroatoms. The Morgan fingerprint density at radius 1 is 1.19 bits per heavy atom. The van der Waals surface area contributed by atoms with Crippen LogP contribution in [0.5, 0.6) is 0 Å². The average Bonchev–Trinajstić information content (AvgIpc) is 2.27. The summed E-state index contributed by atoms with van der Waals surface area (Å²) in [6, 6.07) is 10.4. The first-order chi connectivity index (χ1) is 7.61. The third kappa shape index (κ3) is 1.84. The van der Waals surface area contributed by atoms with Gasteiger partial charge in [-0.1, -0.05) is 44.2 Å². The molecule has 0 radical (unpaired) electrons. The molecule has 1 amide bonds. The minimum atomic E-state index is 0.212. The minimum absolute atomic E-state index is 0.212. The van der Waals surface area contributed by atoms with Crippen LogP contribution in [0.3, 0.4) is 0 Å². The number of hydrogen-bond acceptors (Lipinski definition) is 1. The van der Waals surface area contributed by atoms with Crippen LogP contribution >= 0.6 is 0 Å². The van der Waals surface area contributed by atoms with Crippen LogP contribution in [0.25, 0.3) is 0 Å². The topological polar surface area (TPSA) is 20.3 Å². The second-order valence-corrected chi connectivity index (χ2v) is 4.93. The summed E-state index contributed by atoms with van der Waals surface area (Å²) < 4.78 is 0. The van der Waals surface area contributed by atoms with Gasteiger partial charge in [0.05, 0.1) is 12.0 Å². The maximum atomic E-state index is 11.9. The number of β-lactam (4-membered cyclic amide) rings is 1. The van der Waals surface area contributed by atoms with Gasteiger partial charge in [0.15, 0.2) is 0 Å². The van der Waals surface area contributed by atoms with Gasteiger partial charge >= 0.3 is 0 Å². The molecule has 1 fully saturated rings. The summed E-state index contributed by atoms with van der Waals surface area (Å²) >= 11 is 0. The minimum Gasteiger partial charge on any atom is -0.335 e. The monoisotopic (exact) mass is 217 g/mol. The first-order valence-corrected chi connectivity index (χ1v) is 5.96. The Labute approximate surface area is 97.3 Å². The van der Waals surface area contributed by atoms with Crippen molar-refractivity contribution in [2.75, 3.05) is 6.54 Å². The highest BCUT2D eigenvalue weighted by Gasteiger charge is 2.40. The first kappa shape index (κ1) is 11.2. The number of hydrogen-bond donors (Lipinski definition) is 0. The number of amides is 1. The van der Waals surface area contributed by atoms with Gasteiger partial charge in [0.2, 0.25) is 5.91 Å². The van der Waals surface area contributed by atoms with E-state index >= 15 is 0 Å². The summed E-state index contributed by atoms with van der Waals surface area (Å²) in [5.74, 6) is 1.02. The van der Waals surface area contributed by atoms with Crippen LogP contribution in [0, 0.1) is 11.8 Å². The van der Waals surface area contributed by atoms with Crippen LogP contribution in [-0.2, 0) is 4.79 Å². The van der Waals surface area contributed by atoms with Crippen molar-refractivity contribution >= 4 is 5.91 Å². The highest BCUT2D eigenvalue weighted by molar-refractivity contribution is 5.85. The van der Waals surface area contributed by atoms with Crippen molar-refractivity contribution < 1.29 is 4.79 Å². The van der Waals surface area contributed by atoms with E-state index in [2.05, 4.69) is 32.9 Å². The molecule has 0 spiro atoms. The normalized spacial score (nSPS) is 22.1. The van der Waals surface area contributed by atoms with Gasteiger partial charge in [-0.3, -0.25) is 4.79 Å². The molecule has 1 aliphatic rings. The highest BCUT2D eigenvalue weighted by atomic mass is 16.2. The summed E-state index contributed by atoms with van der Waals surface area (Å²) in [5, 5.41) is 0. The fourth-order valence-corrected chi connectivity index (χ4v) is 2.24. The number of nitrogens with zero attached hydrogens (tertiary/aromatic N) is 1. The van der Waals surface area contributed by atoms with Crippen LogP contribution in [0.4, 0.5) is 0 Å². The maximum Gasteiger partial charge on any atom is 0.228 e. The van der Waals surface area contributed by atoms with Crippen molar-refractivity contribution in [2.45, 2.75) is 26.8 Å². The van der Waals surface area contributed by atoms with Gasteiger partial charge < -0.3 is 4.90 Å². The zero-order chi connectivity index (χ0) is 11.7. The van der Waals surface area contributed by atoms with Crippen molar-refractivity contribution in [3.63, 3.8) is 0 Å². The number of rotatable bonds is 3. The molecule has 2 atom stereocenters. The summed E-state index contributed by atoms with van der Waals surface area (Å²) in [6.45, 7) is 7.25. The van der Waals surface area contributed by atoms with Gasteiger partial charge in [-0.25, -0.2) is 0 Å². The van der Waals surface area contributed by atoms with Crippen molar-refractivity contribution in [3.8, 4) is 0 Å². The van der Waals surface area contributed by atoms with E-state index in [0.717, 1.165) is 6.54 Å². The fraction of sp³-hybridized carbons (Fsp3) is 0.500. The lowest BCUT2D eigenvalue weighted by atomic mass is 9.85. The number of likely N-dealkylation sites (tertiary alicyclic amines) is 1. The zero-order valence-electron chi connectivity index (χ0n) is 10.2. The molecular weight excluding hydrogens is 198 g/mol. The highest BCUT2D eigenvalue weighted by Crippen LogP contribution is 2.32. The van der Waals surface area contributed by atoms with Gasteiger partial charge in [-0.05, 0) is 18.4 Å². The molecule has 2 nitrogen and oxygen atoms in total. The van der Waals surface area contributed by atoms with Gasteiger partial charge in [0.25, 0.3) is 0 Å². The molecule has 1 saturated heterocycles. The number of benzene rings is 1. The molecule has 86 valence electrons. The maximum absolute atomic E-state index is 11.9. The summed E-state index contributed by atoms with van der Waals surface area (Å²) in [4.78, 5) is 13.9. The Morgan fingerprint density at radius 2 is 1.81 bits per heavy atom. The Kier molecular flexibility index (Phi) is 2.99. The number of carbonyl (C=O) groups is 1. The van der Waals surface area contributed by atoms with Gasteiger partial charge in [-0.2, -0.15) is 0 Å². The standard InChI is InChI=1S/C14H19NO/c1-10(2)13-9-15(14(13)16)11(3)12-7-5-4-6-8-12/h4-8,10-11,13H,9H2,1-3H3/t11-,13-/m0/s1. The van der Waals surface area contributed by atoms with Crippen molar-refractivity contribution in [3.05, 3.63) is 35.9 Å². The lowest BCUT2D eigenvalue weighted by Gasteiger charge is -2.44. The molecular formula is C14H19NO. The van der Waals surface area contributed by atoms with E-state index in [1.165, 1.54) is 5.56 Å². The molecule has 0 aliphatic carbocycles. The van der Waals surface area contributed by atoms with Crippen LogP contribution in [0.1, 0.15) is 32.4 Å². The Bertz CT molecular complexity index is 372. The van der Waals surface area contributed by atoms with Crippen molar-refractivity contribution in [1.29, 1.82) is 0 Å². The molecule has 0 bridgehead atoms. The predicted molar refractivity (Wildman–Crippen MR) is 64.9 cm³/mol. The van der Waals surface area contributed by atoms with E-state index in [9.17, 15) is 4.79 Å². The Morgan fingerprint density at radius 3 is 2.31 bits per heavy atom. The van der Waals surface area contributed by atoms with E-state index < -0.39 is 0 Å². The lowest BCUT2D eigenvalue weighted by Crippen LogP contribution is -2.55. The van der Waals surface area contributed by atoms with E-state index in [1.807, 2.05) is 23.1 Å². The van der Waals surface area contributed by atoms with Crippen LogP contribution in [0.2, 0.25) is 0 Å². The van der Waals surface area contributed by atoms with Crippen molar-refractivity contribution in [2.24, 2.45) is 11.8 Å². The third-order valence-corrected chi connectivity index (χ3v) is 3.55. The molecule has 0 saturated carbocycles. The predicted octanol–water partition coefficient (Wildman–Crippen LogP) is 2.86.